The standard InChI is InChI=1S/C15H20O2/c1-16-14-6-4-11(5-7-14)9-13-10-12-3-2-8-17-15(12)13/h4-7,12-13,15H,2-3,8-10H2,1H3. The molecule has 17 heavy (non-hydrogen) atoms. The van der Waals surface area contributed by atoms with Gasteiger partial charge in [-0.2, -0.15) is 0 Å². The Morgan fingerprint density at radius 2 is 2.12 bits per heavy atom. The first kappa shape index (κ1) is 11.1. The molecule has 1 aliphatic carbocycles. The highest BCUT2D eigenvalue weighted by atomic mass is 16.5. The van der Waals surface area contributed by atoms with Crippen LogP contribution in [0.4, 0.5) is 0 Å². The SMILES string of the molecule is COc1ccc(CC2CC3CCCOC32)cc1. The summed E-state index contributed by atoms with van der Waals surface area (Å²) in [6.07, 6.45) is 5.70. The predicted octanol–water partition coefficient (Wildman–Crippen LogP) is 3.05. The van der Waals surface area contributed by atoms with Crippen molar-refractivity contribution in [3.8, 4) is 5.75 Å². The summed E-state index contributed by atoms with van der Waals surface area (Å²) in [5.74, 6) is 2.54. The van der Waals surface area contributed by atoms with Crippen molar-refractivity contribution in [1.82, 2.24) is 0 Å². The van der Waals surface area contributed by atoms with Crippen molar-refractivity contribution in [3.05, 3.63) is 29.8 Å². The normalized spacial score (nSPS) is 31.5. The van der Waals surface area contributed by atoms with Gasteiger partial charge in [-0.15, -0.1) is 0 Å². The van der Waals surface area contributed by atoms with Gasteiger partial charge in [0.1, 0.15) is 5.75 Å². The predicted molar refractivity (Wildman–Crippen MR) is 67.3 cm³/mol. The van der Waals surface area contributed by atoms with Crippen LogP contribution >= 0.6 is 0 Å². The van der Waals surface area contributed by atoms with Crippen molar-refractivity contribution in [1.29, 1.82) is 0 Å². The molecule has 1 saturated carbocycles. The first-order chi connectivity index (χ1) is 8.36. The third kappa shape index (κ3) is 2.19. The van der Waals surface area contributed by atoms with Gasteiger partial charge in [0.25, 0.3) is 0 Å². The van der Waals surface area contributed by atoms with Crippen LogP contribution in [0.15, 0.2) is 24.3 Å². The Hall–Kier alpha value is -1.02. The largest absolute Gasteiger partial charge is 0.497 e. The molecule has 2 aliphatic rings. The van der Waals surface area contributed by atoms with Crippen LogP contribution in [0.5, 0.6) is 5.75 Å². The van der Waals surface area contributed by atoms with Crippen LogP contribution in [0.2, 0.25) is 0 Å². The molecular formula is C15H20O2. The number of fused-ring (bicyclic) bond motifs is 1. The van der Waals surface area contributed by atoms with Gasteiger partial charge < -0.3 is 9.47 Å². The fourth-order valence-electron chi connectivity index (χ4n) is 3.23. The Labute approximate surface area is 103 Å². The molecule has 0 radical (unpaired) electrons. The first-order valence-electron chi connectivity index (χ1n) is 6.61. The quantitative estimate of drug-likeness (QED) is 0.797. The van der Waals surface area contributed by atoms with Gasteiger partial charge in [0.05, 0.1) is 13.2 Å². The van der Waals surface area contributed by atoms with Crippen molar-refractivity contribution in [2.75, 3.05) is 13.7 Å². The van der Waals surface area contributed by atoms with E-state index in [0.717, 1.165) is 30.6 Å². The Morgan fingerprint density at radius 3 is 2.82 bits per heavy atom. The highest BCUT2D eigenvalue weighted by molar-refractivity contribution is 5.27. The summed E-state index contributed by atoms with van der Waals surface area (Å²) >= 11 is 0. The third-order valence-corrected chi connectivity index (χ3v) is 4.22. The van der Waals surface area contributed by atoms with E-state index >= 15 is 0 Å². The van der Waals surface area contributed by atoms with Gasteiger partial charge in [-0.1, -0.05) is 12.1 Å². The average Bonchev–Trinajstić information content (AvgIpc) is 2.37. The minimum Gasteiger partial charge on any atom is -0.497 e. The summed E-state index contributed by atoms with van der Waals surface area (Å²) in [6, 6.07) is 8.45. The summed E-state index contributed by atoms with van der Waals surface area (Å²) < 4.78 is 11.1. The van der Waals surface area contributed by atoms with E-state index in [2.05, 4.69) is 12.1 Å². The first-order valence-corrected chi connectivity index (χ1v) is 6.61. The van der Waals surface area contributed by atoms with Crippen LogP contribution in [0.1, 0.15) is 24.8 Å². The van der Waals surface area contributed by atoms with Gasteiger partial charge in [0, 0.05) is 6.61 Å². The molecule has 92 valence electrons. The lowest BCUT2D eigenvalue weighted by atomic mass is 9.66. The summed E-state index contributed by atoms with van der Waals surface area (Å²) in [5.41, 5.74) is 1.41. The molecule has 1 heterocycles. The smallest absolute Gasteiger partial charge is 0.118 e. The van der Waals surface area contributed by atoms with Crippen LogP contribution in [0, 0.1) is 11.8 Å². The molecule has 1 aliphatic heterocycles. The van der Waals surface area contributed by atoms with Gasteiger partial charge >= 0.3 is 0 Å². The molecule has 0 spiro atoms. The van der Waals surface area contributed by atoms with Crippen molar-refractivity contribution < 1.29 is 9.47 Å². The summed E-state index contributed by atoms with van der Waals surface area (Å²) in [4.78, 5) is 0. The van der Waals surface area contributed by atoms with E-state index in [1.807, 2.05) is 12.1 Å². The van der Waals surface area contributed by atoms with Gasteiger partial charge in [-0.05, 0) is 55.2 Å². The zero-order valence-electron chi connectivity index (χ0n) is 10.4. The lowest BCUT2D eigenvalue weighted by Crippen LogP contribution is -2.47. The van der Waals surface area contributed by atoms with E-state index in [-0.39, 0.29) is 0 Å². The number of rotatable bonds is 3. The summed E-state index contributed by atoms with van der Waals surface area (Å²) in [7, 11) is 1.71. The summed E-state index contributed by atoms with van der Waals surface area (Å²) in [6.45, 7) is 0.972. The van der Waals surface area contributed by atoms with Gasteiger partial charge in [0.2, 0.25) is 0 Å². The second-order valence-electron chi connectivity index (χ2n) is 5.29. The fourth-order valence-corrected chi connectivity index (χ4v) is 3.23. The molecule has 1 aromatic rings. The molecule has 2 heteroatoms. The maximum atomic E-state index is 5.88. The third-order valence-electron chi connectivity index (χ3n) is 4.22. The number of hydrogen-bond acceptors (Lipinski definition) is 2. The number of methoxy groups -OCH3 is 1. The Balaban J connectivity index is 1.59. The van der Waals surface area contributed by atoms with E-state index < -0.39 is 0 Å². The molecule has 0 bridgehead atoms. The molecule has 3 atom stereocenters. The van der Waals surface area contributed by atoms with Crippen molar-refractivity contribution in [2.45, 2.75) is 31.8 Å². The van der Waals surface area contributed by atoms with Crippen molar-refractivity contribution >= 4 is 0 Å². The van der Waals surface area contributed by atoms with E-state index in [0.29, 0.717) is 6.10 Å². The molecule has 0 aromatic heterocycles. The van der Waals surface area contributed by atoms with E-state index in [9.17, 15) is 0 Å². The maximum absolute atomic E-state index is 5.88. The van der Waals surface area contributed by atoms with Gasteiger partial charge in [-0.3, -0.25) is 0 Å². The Kier molecular flexibility index (Phi) is 3.06. The number of benzene rings is 1. The second-order valence-corrected chi connectivity index (χ2v) is 5.29. The Morgan fingerprint density at radius 1 is 1.29 bits per heavy atom. The fraction of sp³-hybridized carbons (Fsp3) is 0.600. The number of hydrogen-bond donors (Lipinski definition) is 0. The van der Waals surface area contributed by atoms with Crippen molar-refractivity contribution in [3.63, 3.8) is 0 Å². The summed E-state index contributed by atoms with van der Waals surface area (Å²) in [5, 5.41) is 0. The van der Waals surface area contributed by atoms with Crippen LogP contribution in [-0.4, -0.2) is 19.8 Å². The Bertz CT molecular complexity index is 371. The molecule has 2 fully saturated rings. The van der Waals surface area contributed by atoms with Crippen LogP contribution in [0.25, 0.3) is 0 Å². The molecule has 1 saturated heterocycles. The van der Waals surface area contributed by atoms with Crippen molar-refractivity contribution in [2.24, 2.45) is 11.8 Å². The minimum atomic E-state index is 0.547. The van der Waals surface area contributed by atoms with Gasteiger partial charge in [-0.25, -0.2) is 0 Å². The molecule has 3 unspecified atom stereocenters. The second kappa shape index (κ2) is 4.69. The van der Waals surface area contributed by atoms with Crippen LogP contribution in [-0.2, 0) is 11.2 Å². The molecule has 3 rings (SSSR count). The van der Waals surface area contributed by atoms with Crippen LogP contribution in [0.3, 0.4) is 0 Å². The number of ether oxygens (including phenoxy) is 2. The topological polar surface area (TPSA) is 18.5 Å². The average molecular weight is 232 g/mol. The highest BCUT2D eigenvalue weighted by Crippen LogP contribution is 2.43. The molecule has 0 amide bonds. The minimum absolute atomic E-state index is 0.547. The monoisotopic (exact) mass is 232 g/mol. The van der Waals surface area contributed by atoms with E-state index in [1.54, 1.807) is 7.11 Å². The van der Waals surface area contributed by atoms with E-state index in [4.69, 9.17) is 9.47 Å². The zero-order valence-corrected chi connectivity index (χ0v) is 10.4. The molecule has 1 aromatic carbocycles. The molecule has 2 nitrogen and oxygen atoms in total. The maximum Gasteiger partial charge on any atom is 0.118 e. The lowest BCUT2D eigenvalue weighted by Gasteiger charge is -2.47. The molecular weight excluding hydrogens is 212 g/mol. The zero-order chi connectivity index (χ0) is 11.7. The lowest BCUT2D eigenvalue weighted by molar-refractivity contribution is -0.126. The van der Waals surface area contributed by atoms with Crippen LogP contribution < -0.4 is 4.74 Å². The van der Waals surface area contributed by atoms with E-state index in [1.165, 1.54) is 24.8 Å². The van der Waals surface area contributed by atoms with Gasteiger partial charge in [0.15, 0.2) is 0 Å². The highest BCUT2D eigenvalue weighted by Gasteiger charge is 2.42. The molecule has 0 N–H and O–H groups in total.